The topological polar surface area (TPSA) is 29.1 Å². The van der Waals surface area contributed by atoms with E-state index in [-0.39, 0.29) is 24.4 Å². The molecule has 0 unspecified atom stereocenters. The van der Waals surface area contributed by atoms with Gasteiger partial charge in [-0.1, -0.05) is 12.1 Å². The van der Waals surface area contributed by atoms with Gasteiger partial charge in [0.15, 0.2) is 17.5 Å². The third kappa shape index (κ3) is 3.62. The van der Waals surface area contributed by atoms with Crippen molar-refractivity contribution in [2.45, 2.75) is 13.3 Å². The van der Waals surface area contributed by atoms with E-state index in [0.29, 0.717) is 0 Å². The van der Waals surface area contributed by atoms with Crippen molar-refractivity contribution in [2.75, 3.05) is 6.54 Å². The first-order chi connectivity index (χ1) is 8.06. The molecule has 0 aliphatic rings. The highest BCUT2D eigenvalue weighted by atomic mass is 19.2. The number of benzene rings is 1. The summed E-state index contributed by atoms with van der Waals surface area (Å²) in [6, 6.07) is 2.02. The van der Waals surface area contributed by atoms with Gasteiger partial charge < -0.3 is 5.32 Å². The zero-order chi connectivity index (χ0) is 12.8. The minimum absolute atomic E-state index is 0.0321. The molecule has 0 aromatic heterocycles. The van der Waals surface area contributed by atoms with E-state index in [1.54, 1.807) is 13.0 Å². The number of hydrogen-bond acceptors (Lipinski definition) is 1. The standard InChI is InChI=1S/C12H12F3NO/c1-2-3-10(17)16-7-6-8-4-5-9(13)12(15)11(8)14/h2-5H,6-7H2,1H3,(H,16,17)/b3-2+. The quantitative estimate of drug-likeness (QED) is 0.638. The molecule has 0 spiro atoms. The van der Waals surface area contributed by atoms with E-state index in [1.165, 1.54) is 6.08 Å². The smallest absolute Gasteiger partial charge is 0.243 e. The summed E-state index contributed by atoms with van der Waals surface area (Å²) in [6.07, 6.45) is 2.99. The summed E-state index contributed by atoms with van der Waals surface area (Å²) in [5, 5.41) is 2.48. The Hall–Kier alpha value is -1.78. The molecular formula is C12H12F3NO. The Morgan fingerprint density at radius 2 is 2.00 bits per heavy atom. The summed E-state index contributed by atoms with van der Waals surface area (Å²) >= 11 is 0. The van der Waals surface area contributed by atoms with Crippen LogP contribution in [0.3, 0.4) is 0 Å². The van der Waals surface area contributed by atoms with Gasteiger partial charge in [-0.2, -0.15) is 0 Å². The Bertz CT molecular complexity index is 444. The van der Waals surface area contributed by atoms with Crippen molar-refractivity contribution in [1.29, 1.82) is 0 Å². The van der Waals surface area contributed by atoms with Gasteiger partial charge in [-0.25, -0.2) is 13.2 Å². The van der Waals surface area contributed by atoms with Crippen LogP contribution in [0, 0.1) is 17.5 Å². The molecule has 1 N–H and O–H groups in total. The predicted molar refractivity (Wildman–Crippen MR) is 57.8 cm³/mol. The summed E-state index contributed by atoms with van der Waals surface area (Å²) < 4.78 is 38.7. The lowest BCUT2D eigenvalue weighted by Crippen LogP contribution is -2.23. The molecule has 0 aliphatic carbocycles. The van der Waals surface area contributed by atoms with Crippen LogP contribution in [0.1, 0.15) is 12.5 Å². The van der Waals surface area contributed by atoms with E-state index in [0.717, 1.165) is 12.1 Å². The van der Waals surface area contributed by atoms with Crippen LogP contribution in [-0.4, -0.2) is 12.5 Å². The summed E-state index contributed by atoms with van der Waals surface area (Å²) in [6.45, 7) is 1.85. The molecule has 0 fully saturated rings. The van der Waals surface area contributed by atoms with Gasteiger partial charge in [0, 0.05) is 6.54 Å². The van der Waals surface area contributed by atoms with Crippen molar-refractivity contribution in [2.24, 2.45) is 0 Å². The van der Waals surface area contributed by atoms with Crippen molar-refractivity contribution >= 4 is 5.91 Å². The summed E-state index contributed by atoms with van der Waals surface area (Å²) in [5.41, 5.74) is 0.0321. The molecular weight excluding hydrogens is 231 g/mol. The number of rotatable bonds is 4. The first-order valence-electron chi connectivity index (χ1n) is 5.09. The summed E-state index contributed by atoms with van der Waals surface area (Å²) in [5.74, 6) is -4.22. The second-order valence-electron chi connectivity index (χ2n) is 3.38. The monoisotopic (exact) mass is 243 g/mol. The summed E-state index contributed by atoms with van der Waals surface area (Å²) in [4.78, 5) is 11.0. The van der Waals surface area contributed by atoms with Crippen LogP contribution in [0.5, 0.6) is 0 Å². The Morgan fingerprint density at radius 1 is 1.29 bits per heavy atom. The molecule has 0 radical (unpaired) electrons. The molecule has 1 rings (SSSR count). The molecule has 0 saturated heterocycles. The van der Waals surface area contributed by atoms with Crippen LogP contribution in [0.2, 0.25) is 0 Å². The van der Waals surface area contributed by atoms with E-state index >= 15 is 0 Å². The van der Waals surface area contributed by atoms with Gasteiger partial charge in [0.25, 0.3) is 0 Å². The fourth-order valence-corrected chi connectivity index (χ4v) is 1.29. The molecule has 17 heavy (non-hydrogen) atoms. The van der Waals surface area contributed by atoms with Crippen molar-refractivity contribution in [3.05, 3.63) is 47.3 Å². The fourth-order valence-electron chi connectivity index (χ4n) is 1.29. The van der Waals surface area contributed by atoms with Gasteiger partial charge in [0.2, 0.25) is 5.91 Å². The normalized spacial score (nSPS) is 10.8. The third-order valence-corrected chi connectivity index (χ3v) is 2.13. The maximum Gasteiger partial charge on any atom is 0.243 e. The average Bonchev–Trinajstić information content (AvgIpc) is 2.29. The van der Waals surface area contributed by atoms with Crippen LogP contribution >= 0.6 is 0 Å². The molecule has 0 saturated carbocycles. The van der Waals surface area contributed by atoms with Gasteiger partial charge in [-0.05, 0) is 31.1 Å². The molecule has 1 aromatic rings. The number of halogens is 3. The molecule has 0 bridgehead atoms. The maximum absolute atomic E-state index is 13.2. The lowest BCUT2D eigenvalue weighted by molar-refractivity contribution is -0.116. The minimum Gasteiger partial charge on any atom is -0.352 e. The second kappa shape index (κ2) is 6.08. The van der Waals surface area contributed by atoms with Crippen LogP contribution < -0.4 is 5.32 Å². The number of amides is 1. The number of hydrogen-bond donors (Lipinski definition) is 1. The van der Waals surface area contributed by atoms with Crippen molar-refractivity contribution in [1.82, 2.24) is 5.32 Å². The maximum atomic E-state index is 13.2. The van der Waals surface area contributed by atoms with Crippen molar-refractivity contribution in [3.8, 4) is 0 Å². The zero-order valence-corrected chi connectivity index (χ0v) is 9.27. The molecule has 1 amide bonds. The van der Waals surface area contributed by atoms with Crippen LogP contribution in [0.15, 0.2) is 24.3 Å². The van der Waals surface area contributed by atoms with E-state index < -0.39 is 17.5 Å². The predicted octanol–water partition coefficient (Wildman–Crippen LogP) is 2.34. The highest BCUT2D eigenvalue weighted by molar-refractivity contribution is 5.87. The average molecular weight is 243 g/mol. The van der Waals surface area contributed by atoms with E-state index in [9.17, 15) is 18.0 Å². The fraction of sp³-hybridized carbons (Fsp3) is 0.250. The minimum atomic E-state index is -1.48. The second-order valence-corrected chi connectivity index (χ2v) is 3.38. The molecule has 5 heteroatoms. The first kappa shape index (κ1) is 13.3. The molecule has 0 aliphatic heterocycles. The number of carbonyl (C=O) groups excluding carboxylic acids is 1. The molecule has 0 atom stereocenters. The lowest BCUT2D eigenvalue weighted by atomic mass is 10.1. The SMILES string of the molecule is C/C=C/C(=O)NCCc1ccc(F)c(F)c1F. The van der Waals surface area contributed by atoms with Crippen molar-refractivity contribution < 1.29 is 18.0 Å². The van der Waals surface area contributed by atoms with Crippen LogP contribution in [0.25, 0.3) is 0 Å². The number of carbonyl (C=O) groups is 1. The van der Waals surface area contributed by atoms with E-state index in [2.05, 4.69) is 5.32 Å². The lowest BCUT2D eigenvalue weighted by Gasteiger charge is -2.05. The molecule has 0 heterocycles. The summed E-state index contributed by atoms with van der Waals surface area (Å²) in [7, 11) is 0. The van der Waals surface area contributed by atoms with Crippen LogP contribution in [0.4, 0.5) is 13.2 Å². The molecule has 2 nitrogen and oxygen atoms in total. The van der Waals surface area contributed by atoms with Gasteiger partial charge in [-0.15, -0.1) is 0 Å². The number of nitrogens with one attached hydrogen (secondary N) is 1. The van der Waals surface area contributed by atoms with Gasteiger partial charge in [0.05, 0.1) is 0 Å². The highest BCUT2D eigenvalue weighted by Crippen LogP contribution is 2.15. The Labute approximate surface area is 97.1 Å². The highest BCUT2D eigenvalue weighted by Gasteiger charge is 2.12. The number of allylic oxidation sites excluding steroid dienone is 1. The largest absolute Gasteiger partial charge is 0.352 e. The molecule has 92 valence electrons. The van der Waals surface area contributed by atoms with Gasteiger partial charge >= 0.3 is 0 Å². The Kier molecular flexibility index (Phi) is 4.75. The van der Waals surface area contributed by atoms with E-state index in [1.807, 2.05) is 0 Å². The Balaban J connectivity index is 2.59. The van der Waals surface area contributed by atoms with E-state index in [4.69, 9.17) is 0 Å². The van der Waals surface area contributed by atoms with Gasteiger partial charge in [-0.3, -0.25) is 4.79 Å². The molecule has 1 aromatic carbocycles. The first-order valence-corrected chi connectivity index (χ1v) is 5.09. The van der Waals surface area contributed by atoms with Crippen molar-refractivity contribution in [3.63, 3.8) is 0 Å². The van der Waals surface area contributed by atoms with Gasteiger partial charge in [0.1, 0.15) is 0 Å². The third-order valence-electron chi connectivity index (χ3n) is 2.13. The van der Waals surface area contributed by atoms with Crippen LogP contribution in [-0.2, 0) is 11.2 Å². The zero-order valence-electron chi connectivity index (χ0n) is 9.27. The Morgan fingerprint density at radius 3 is 2.65 bits per heavy atom.